The largest absolute Gasteiger partial charge is 0.494 e. The van der Waals surface area contributed by atoms with Crippen molar-refractivity contribution in [3.63, 3.8) is 0 Å². The fourth-order valence-corrected chi connectivity index (χ4v) is 4.64. The van der Waals surface area contributed by atoms with E-state index in [2.05, 4.69) is 15.3 Å². The summed E-state index contributed by atoms with van der Waals surface area (Å²) in [5.41, 5.74) is 2.76. The van der Waals surface area contributed by atoms with Gasteiger partial charge in [-0.1, -0.05) is 12.1 Å². The highest BCUT2D eigenvalue weighted by Crippen LogP contribution is 2.32. The number of carbonyl (C=O) groups excluding carboxylic acids is 1. The summed E-state index contributed by atoms with van der Waals surface area (Å²) >= 11 is 2.74. The third-order valence-electron chi connectivity index (χ3n) is 4.51. The number of para-hydroxylation sites is 1. The van der Waals surface area contributed by atoms with Gasteiger partial charge in [-0.3, -0.25) is 4.79 Å². The summed E-state index contributed by atoms with van der Waals surface area (Å²) in [5.74, 6) is 0.255. The van der Waals surface area contributed by atoms with Crippen LogP contribution in [-0.2, 0) is 11.2 Å². The lowest BCUT2D eigenvalue weighted by molar-refractivity contribution is -0.115. The zero-order valence-corrected chi connectivity index (χ0v) is 19.1. The summed E-state index contributed by atoms with van der Waals surface area (Å²) in [6, 6.07) is 12.3. The smallest absolute Gasteiger partial charge is 0.232 e. The first-order valence-electron chi connectivity index (χ1n) is 9.83. The van der Waals surface area contributed by atoms with Crippen LogP contribution < -0.4 is 14.8 Å². The zero-order chi connectivity index (χ0) is 22.5. The maximum atomic E-state index is 14.0. The number of benzene rings is 2. The quantitative estimate of drug-likeness (QED) is 0.360. The van der Waals surface area contributed by atoms with Gasteiger partial charge in [0.25, 0.3) is 0 Å². The van der Waals surface area contributed by atoms with Crippen molar-refractivity contribution in [1.29, 1.82) is 0 Å². The second-order valence-electron chi connectivity index (χ2n) is 6.69. The van der Waals surface area contributed by atoms with Gasteiger partial charge in [-0.15, -0.1) is 22.7 Å². The van der Waals surface area contributed by atoms with Gasteiger partial charge in [0.1, 0.15) is 10.8 Å². The Bertz CT molecular complexity index is 1240. The molecule has 2 aromatic carbocycles. The molecule has 4 aromatic rings. The van der Waals surface area contributed by atoms with E-state index in [4.69, 9.17) is 9.47 Å². The van der Waals surface area contributed by atoms with Crippen molar-refractivity contribution in [3.8, 4) is 33.3 Å². The van der Waals surface area contributed by atoms with E-state index in [-0.39, 0.29) is 18.1 Å². The average molecular weight is 470 g/mol. The molecule has 0 bridgehead atoms. The Kier molecular flexibility index (Phi) is 6.77. The molecule has 0 radical (unpaired) electrons. The number of nitrogens with zero attached hydrogens (tertiary/aromatic N) is 2. The van der Waals surface area contributed by atoms with E-state index in [9.17, 15) is 9.18 Å². The minimum atomic E-state index is -0.464. The van der Waals surface area contributed by atoms with Crippen LogP contribution in [0.4, 0.5) is 9.52 Å². The number of ether oxygens (including phenoxy) is 2. The SMILES string of the molecule is CCOc1ccccc1-c1nc(CC(=O)Nc2nc(-c3ccc(OC)c(F)c3)cs2)cs1. The lowest BCUT2D eigenvalue weighted by atomic mass is 10.1. The van der Waals surface area contributed by atoms with Crippen LogP contribution in [0.25, 0.3) is 21.8 Å². The Labute approximate surface area is 192 Å². The van der Waals surface area contributed by atoms with Crippen molar-refractivity contribution in [2.24, 2.45) is 0 Å². The number of carbonyl (C=O) groups is 1. The Morgan fingerprint density at radius 2 is 1.94 bits per heavy atom. The van der Waals surface area contributed by atoms with Crippen molar-refractivity contribution >= 4 is 33.7 Å². The third-order valence-corrected chi connectivity index (χ3v) is 6.19. The van der Waals surface area contributed by atoms with Crippen LogP contribution in [0, 0.1) is 5.82 Å². The van der Waals surface area contributed by atoms with Gasteiger partial charge in [0.2, 0.25) is 5.91 Å². The highest BCUT2D eigenvalue weighted by atomic mass is 32.1. The summed E-state index contributed by atoms with van der Waals surface area (Å²) < 4.78 is 24.6. The Morgan fingerprint density at radius 3 is 2.72 bits per heavy atom. The van der Waals surface area contributed by atoms with Crippen LogP contribution in [0.15, 0.2) is 53.2 Å². The number of thiazole rings is 2. The molecule has 2 heterocycles. The number of amides is 1. The summed E-state index contributed by atoms with van der Waals surface area (Å²) in [6.07, 6.45) is 0.124. The van der Waals surface area contributed by atoms with Crippen molar-refractivity contribution in [3.05, 3.63) is 64.7 Å². The number of hydrogen-bond donors (Lipinski definition) is 1. The van der Waals surface area contributed by atoms with Gasteiger partial charge in [-0.25, -0.2) is 14.4 Å². The lowest BCUT2D eigenvalue weighted by Crippen LogP contribution is -2.14. The number of hydrogen-bond acceptors (Lipinski definition) is 7. The molecule has 0 fully saturated rings. The van der Waals surface area contributed by atoms with Crippen LogP contribution in [0.1, 0.15) is 12.6 Å². The van der Waals surface area contributed by atoms with E-state index < -0.39 is 5.82 Å². The predicted octanol–water partition coefficient (Wildman–Crippen LogP) is 5.66. The molecule has 0 aliphatic carbocycles. The number of rotatable bonds is 8. The summed E-state index contributed by atoms with van der Waals surface area (Å²) in [5, 5.41) is 7.66. The highest BCUT2D eigenvalue weighted by molar-refractivity contribution is 7.14. The Hall–Kier alpha value is -3.30. The van der Waals surface area contributed by atoms with Crippen LogP contribution in [0.5, 0.6) is 11.5 Å². The van der Waals surface area contributed by atoms with Crippen molar-refractivity contribution in [2.45, 2.75) is 13.3 Å². The molecule has 6 nitrogen and oxygen atoms in total. The normalized spacial score (nSPS) is 10.7. The minimum absolute atomic E-state index is 0.124. The summed E-state index contributed by atoms with van der Waals surface area (Å²) in [7, 11) is 1.41. The van der Waals surface area contributed by atoms with Gasteiger partial charge >= 0.3 is 0 Å². The number of nitrogens with one attached hydrogen (secondary N) is 1. The maximum Gasteiger partial charge on any atom is 0.232 e. The predicted molar refractivity (Wildman–Crippen MR) is 125 cm³/mol. The van der Waals surface area contributed by atoms with E-state index in [1.165, 1.54) is 35.8 Å². The van der Waals surface area contributed by atoms with E-state index in [1.54, 1.807) is 17.5 Å². The lowest BCUT2D eigenvalue weighted by Gasteiger charge is -2.07. The van der Waals surface area contributed by atoms with Crippen molar-refractivity contribution in [1.82, 2.24) is 9.97 Å². The van der Waals surface area contributed by atoms with Gasteiger partial charge in [0.15, 0.2) is 16.7 Å². The molecule has 1 N–H and O–H groups in total. The van der Waals surface area contributed by atoms with Crippen LogP contribution in [0.2, 0.25) is 0 Å². The van der Waals surface area contributed by atoms with Crippen LogP contribution in [-0.4, -0.2) is 29.6 Å². The van der Waals surface area contributed by atoms with Gasteiger partial charge in [0, 0.05) is 16.3 Å². The van der Waals surface area contributed by atoms with E-state index in [0.717, 1.165) is 16.3 Å². The fraction of sp³-hybridized carbons (Fsp3) is 0.174. The monoisotopic (exact) mass is 469 g/mol. The van der Waals surface area contributed by atoms with Crippen molar-refractivity contribution in [2.75, 3.05) is 19.0 Å². The first kappa shape index (κ1) is 21.9. The molecule has 1 amide bonds. The molecule has 0 spiro atoms. The molecule has 0 unspecified atom stereocenters. The van der Waals surface area contributed by atoms with Crippen LogP contribution >= 0.6 is 22.7 Å². The standard InChI is InChI=1S/C23H20FN3O3S2/c1-3-30-19-7-5-4-6-16(19)22-25-15(12-31-22)11-21(28)27-23-26-18(13-32-23)14-8-9-20(29-2)17(24)10-14/h4-10,12-13H,3,11H2,1-2H3,(H,26,27,28). The van der Waals surface area contributed by atoms with Crippen molar-refractivity contribution < 1.29 is 18.7 Å². The second-order valence-corrected chi connectivity index (χ2v) is 8.40. The molecular formula is C23H20FN3O3S2. The first-order chi connectivity index (χ1) is 15.6. The maximum absolute atomic E-state index is 14.0. The fourth-order valence-electron chi connectivity index (χ4n) is 3.05. The molecule has 4 rings (SSSR count). The summed E-state index contributed by atoms with van der Waals surface area (Å²) in [6.45, 7) is 2.50. The topological polar surface area (TPSA) is 73.3 Å². The number of aromatic nitrogens is 2. The third kappa shape index (κ3) is 4.95. The number of anilines is 1. The summed E-state index contributed by atoms with van der Waals surface area (Å²) in [4.78, 5) is 21.5. The molecule has 32 heavy (non-hydrogen) atoms. The Balaban J connectivity index is 1.42. The van der Waals surface area contributed by atoms with Gasteiger partial charge in [-0.2, -0.15) is 0 Å². The van der Waals surface area contributed by atoms with Gasteiger partial charge in [-0.05, 0) is 37.3 Å². The molecule has 2 aromatic heterocycles. The van der Waals surface area contributed by atoms with E-state index >= 15 is 0 Å². The van der Waals surface area contributed by atoms with E-state index in [1.807, 2.05) is 36.6 Å². The molecule has 0 aliphatic rings. The zero-order valence-electron chi connectivity index (χ0n) is 17.4. The van der Waals surface area contributed by atoms with Gasteiger partial charge < -0.3 is 14.8 Å². The molecule has 9 heteroatoms. The van der Waals surface area contributed by atoms with Crippen LogP contribution in [0.3, 0.4) is 0 Å². The number of methoxy groups -OCH3 is 1. The average Bonchev–Trinajstić information content (AvgIpc) is 3.44. The molecule has 0 atom stereocenters. The van der Waals surface area contributed by atoms with E-state index in [0.29, 0.717) is 28.7 Å². The minimum Gasteiger partial charge on any atom is -0.494 e. The highest BCUT2D eigenvalue weighted by Gasteiger charge is 2.14. The van der Waals surface area contributed by atoms with Gasteiger partial charge in [0.05, 0.1) is 37.1 Å². The molecule has 0 aliphatic heterocycles. The number of halogens is 1. The second kappa shape index (κ2) is 9.88. The molecule has 0 saturated carbocycles. The molecular weight excluding hydrogens is 449 g/mol. The Morgan fingerprint density at radius 1 is 1.09 bits per heavy atom. The molecule has 0 saturated heterocycles. The first-order valence-corrected chi connectivity index (χ1v) is 11.6. The molecule has 164 valence electrons.